The molecular weight excluding hydrogens is 248 g/mol. The van der Waals surface area contributed by atoms with Gasteiger partial charge in [-0.15, -0.1) is 5.10 Å². The number of hydrogen-bond donors (Lipinski definition) is 2. The second-order valence-corrected chi connectivity index (χ2v) is 4.70. The van der Waals surface area contributed by atoms with Gasteiger partial charge in [0.05, 0.1) is 24.0 Å². The Morgan fingerprint density at radius 2 is 2.16 bits per heavy atom. The normalized spacial score (nSPS) is 28.1. The number of rotatable bonds is 3. The molecule has 0 spiro atoms. The molecular formula is C12H18N4O3. The molecule has 2 atom stereocenters. The third-order valence-corrected chi connectivity index (χ3v) is 3.00. The zero-order chi connectivity index (χ0) is 13.8. The van der Waals surface area contributed by atoms with Crippen LogP contribution >= 0.6 is 0 Å². The molecule has 1 aromatic rings. The van der Waals surface area contributed by atoms with Crippen LogP contribution in [0, 0.1) is 0 Å². The lowest BCUT2D eigenvalue weighted by Gasteiger charge is -2.32. The highest BCUT2D eigenvalue weighted by molar-refractivity contribution is 5.98. The number of nitrogens with zero attached hydrogens (tertiary/aromatic N) is 3. The minimum absolute atomic E-state index is 0.0132. The van der Waals surface area contributed by atoms with Gasteiger partial charge in [-0.2, -0.15) is 5.10 Å². The molecule has 0 aliphatic carbocycles. The molecule has 2 unspecified atom stereocenters. The summed E-state index contributed by atoms with van der Waals surface area (Å²) < 4.78 is 11.5. The molecule has 0 aromatic carbocycles. The van der Waals surface area contributed by atoms with E-state index in [0.29, 0.717) is 5.56 Å². The quantitative estimate of drug-likeness (QED) is 0.365. The molecule has 1 aliphatic heterocycles. The van der Waals surface area contributed by atoms with Crippen molar-refractivity contribution in [2.24, 2.45) is 10.9 Å². The number of ether oxygens (including phenoxy) is 2. The molecule has 1 saturated heterocycles. The van der Waals surface area contributed by atoms with Crippen LogP contribution in [-0.2, 0) is 4.74 Å². The number of nitrogens with two attached hydrogens (primary N) is 1. The first-order valence-electron chi connectivity index (χ1n) is 6.22. The molecule has 2 heterocycles. The van der Waals surface area contributed by atoms with Crippen molar-refractivity contribution in [1.82, 2.24) is 10.2 Å². The minimum Gasteiger partial charge on any atom is -0.473 e. The fourth-order valence-electron chi connectivity index (χ4n) is 2.25. The van der Waals surface area contributed by atoms with Crippen molar-refractivity contribution in [3.05, 3.63) is 17.8 Å². The van der Waals surface area contributed by atoms with Crippen molar-refractivity contribution >= 4 is 5.84 Å². The van der Waals surface area contributed by atoms with Crippen LogP contribution < -0.4 is 10.5 Å². The van der Waals surface area contributed by atoms with Crippen LogP contribution in [0.15, 0.2) is 17.4 Å². The summed E-state index contributed by atoms with van der Waals surface area (Å²) in [7, 11) is 0. The summed E-state index contributed by atoms with van der Waals surface area (Å²) in [6.45, 7) is 4.01. The second-order valence-electron chi connectivity index (χ2n) is 4.70. The van der Waals surface area contributed by atoms with Gasteiger partial charge in [0, 0.05) is 12.8 Å². The van der Waals surface area contributed by atoms with Gasteiger partial charge in [0.15, 0.2) is 5.84 Å². The van der Waals surface area contributed by atoms with Crippen molar-refractivity contribution < 1.29 is 14.7 Å². The van der Waals surface area contributed by atoms with Gasteiger partial charge in [-0.25, -0.2) is 0 Å². The third kappa shape index (κ3) is 3.31. The fraction of sp³-hybridized carbons (Fsp3) is 0.583. The predicted molar refractivity (Wildman–Crippen MR) is 68.2 cm³/mol. The van der Waals surface area contributed by atoms with Crippen LogP contribution in [0.1, 0.15) is 32.3 Å². The van der Waals surface area contributed by atoms with Crippen LogP contribution in [0.5, 0.6) is 5.88 Å². The first-order valence-corrected chi connectivity index (χ1v) is 6.22. The number of oxime groups is 1. The van der Waals surface area contributed by atoms with Crippen molar-refractivity contribution in [2.75, 3.05) is 0 Å². The summed E-state index contributed by atoms with van der Waals surface area (Å²) in [5, 5.41) is 19.4. The van der Waals surface area contributed by atoms with Gasteiger partial charge in [0.2, 0.25) is 5.88 Å². The molecule has 3 N–H and O–H groups in total. The molecule has 1 aliphatic rings. The Morgan fingerprint density at radius 3 is 2.79 bits per heavy atom. The third-order valence-electron chi connectivity index (χ3n) is 3.00. The van der Waals surface area contributed by atoms with E-state index in [0.717, 1.165) is 12.8 Å². The zero-order valence-electron chi connectivity index (χ0n) is 11.0. The Hall–Kier alpha value is -1.89. The topological polar surface area (TPSA) is 103 Å². The smallest absolute Gasteiger partial charge is 0.244 e. The Labute approximate surface area is 111 Å². The molecule has 1 fully saturated rings. The molecule has 0 saturated carbocycles. The van der Waals surface area contributed by atoms with Gasteiger partial charge in [0.1, 0.15) is 6.10 Å². The van der Waals surface area contributed by atoms with E-state index in [2.05, 4.69) is 15.4 Å². The molecule has 0 amide bonds. The largest absolute Gasteiger partial charge is 0.473 e. The highest BCUT2D eigenvalue weighted by atomic mass is 16.5. The van der Waals surface area contributed by atoms with Crippen LogP contribution in [0.25, 0.3) is 0 Å². The molecule has 104 valence electrons. The number of hydrogen-bond acceptors (Lipinski definition) is 6. The van der Waals surface area contributed by atoms with Crippen LogP contribution in [-0.4, -0.2) is 39.6 Å². The van der Waals surface area contributed by atoms with E-state index in [1.54, 1.807) is 6.07 Å². The summed E-state index contributed by atoms with van der Waals surface area (Å²) in [5.74, 6) is 0.238. The average molecular weight is 266 g/mol. The van der Waals surface area contributed by atoms with E-state index in [1.165, 1.54) is 6.20 Å². The molecule has 0 bridgehead atoms. The molecule has 19 heavy (non-hydrogen) atoms. The maximum atomic E-state index is 8.74. The van der Waals surface area contributed by atoms with Crippen LogP contribution in [0.4, 0.5) is 0 Å². The standard InChI is InChI=1S/C12H18N4O3/c1-7-5-9(6-8(2)18-7)19-12-10(11(13)16-17)3-4-14-15-12/h3-4,7-9,17H,5-6H2,1-2H3,(H2,13,16). The summed E-state index contributed by atoms with van der Waals surface area (Å²) in [6.07, 6.45) is 3.28. The minimum atomic E-state index is -0.0435. The monoisotopic (exact) mass is 266 g/mol. The molecule has 7 nitrogen and oxygen atoms in total. The van der Waals surface area contributed by atoms with Gasteiger partial charge in [-0.1, -0.05) is 5.16 Å². The number of amidine groups is 1. The Bertz CT molecular complexity index is 456. The lowest BCUT2D eigenvalue weighted by Crippen LogP contribution is -2.36. The molecule has 1 aromatic heterocycles. The molecule has 7 heteroatoms. The highest BCUT2D eigenvalue weighted by Crippen LogP contribution is 2.24. The summed E-state index contributed by atoms with van der Waals surface area (Å²) in [4.78, 5) is 0. The van der Waals surface area contributed by atoms with E-state index in [1.807, 2.05) is 13.8 Å². The summed E-state index contributed by atoms with van der Waals surface area (Å²) in [5.41, 5.74) is 6.02. The molecule has 0 radical (unpaired) electrons. The van der Waals surface area contributed by atoms with Gasteiger partial charge in [-0.3, -0.25) is 0 Å². The van der Waals surface area contributed by atoms with Gasteiger partial charge in [-0.05, 0) is 19.9 Å². The Balaban J connectivity index is 2.15. The second kappa shape index (κ2) is 5.83. The highest BCUT2D eigenvalue weighted by Gasteiger charge is 2.27. The van der Waals surface area contributed by atoms with Crippen LogP contribution in [0.3, 0.4) is 0 Å². The maximum absolute atomic E-state index is 8.74. The van der Waals surface area contributed by atoms with Crippen molar-refractivity contribution in [3.63, 3.8) is 0 Å². The maximum Gasteiger partial charge on any atom is 0.244 e. The predicted octanol–water partition coefficient (Wildman–Crippen LogP) is 0.906. The SMILES string of the molecule is CC1CC(Oc2nnccc2/C(N)=N/O)CC(C)O1. The van der Waals surface area contributed by atoms with E-state index in [-0.39, 0.29) is 30.0 Å². The lowest BCUT2D eigenvalue weighted by atomic mass is 10.0. The van der Waals surface area contributed by atoms with Gasteiger partial charge >= 0.3 is 0 Å². The Morgan fingerprint density at radius 1 is 1.47 bits per heavy atom. The van der Waals surface area contributed by atoms with E-state index < -0.39 is 0 Å². The zero-order valence-corrected chi connectivity index (χ0v) is 11.0. The van der Waals surface area contributed by atoms with Crippen molar-refractivity contribution in [2.45, 2.75) is 45.0 Å². The summed E-state index contributed by atoms with van der Waals surface area (Å²) >= 11 is 0. The Kier molecular flexibility index (Phi) is 4.16. The van der Waals surface area contributed by atoms with E-state index in [4.69, 9.17) is 20.4 Å². The van der Waals surface area contributed by atoms with Crippen molar-refractivity contribution in [1.29, 1.82) is 0 Å². The first kappa shape index (κ1) is 13.5. The van der Waals surface area contributed by atoms with Gasteiger partial charge in [0.25, 0.3) is 0 Å². The average Bonchev–Trinajstić information content (AvgIpc) is 2.37. The lowest BCUT2D eigenvalue weighted by molar-refractivity contribution is -0.0731. The van der Waals surface area contributed by atoms with Crippen molar-refractivity contribution in [3.8, 4) is 5.88 Å². The number of aromatic nitrogens is 2. The summed E-state index contributed by atoms with van der Waals surface area (Å²) in [6, 6.07) is 1.60. The first-order chi connectivity index (χ1) is 9.10. The van der Waals surface area contributed by atoms with E-state index in [9.17, 15) is 0 Å². The van der Waals surface area contributed by atoms with E-state index >= 15 is 0 Å². The fourth-order valence-corrected chi connectivity index (χ4v) is 2.25. The van der Waals surface area contributed by atoms with Gasteiger partial charge < -0.3 is 20.4 Å². The molecule has 2 rings (SSSR count). The van der Waals surface area contributed by atoms with Crippen LogP contribution in [0.2, 0.25) is 0 Å².